The molecule has 1 atom stereocenters. The molecule has 4 aromatic rings. The highest BCUT2D eigenvalue weighted by atomic mass is 35.5. The lowest BCUT2D eigenvalue weighted by molar-refractivity contribution is -0.114. The zero-order valence-corrected chi connectivity index (χ0v) is 30.6. The highest BCUT2D eigenvalue weighted by Gasteiger charge is 2.39. The second-order valence-corrected chi connectivity index (χ2v) is 14.3. The lowest BCUT2D eigenvalue weighted by Crippen LogP contribution is -2.45. The third-order valence-electron chi connectivity index (χ3n) is 9.43. The summed E-state index contributed by atoms with van der Waals surface area (Å²) in [7, 11) is 0. The summed E-state index contributed by atoms with van der Waals surface area (Å²) in [6.07, 6.45) is 0. The Labute approximate surface area is 319 Å². The number of carbonyl (C=O) groups is 2. The number of anilines is 1. The summed E-state index contributed by atoms with van der Waals surface area (Å²) < 4.78 is 11.0. The van der Waals surface area contributed by atoms with Gasteiger partial charge in [-0.15, -0.1) is 10.2 Å². The number of halogens is 4. The number of hydrogen-bond acceptors (Lipinski definition) is 11. The predicted octanol–water partition coefficient (Wildman–Crippen LogP) is 6.03. The summed E-state index contributed by atoms with van der Waals surface area (Å²) in [4.78, 5) is 48.4. The Kier molecular flexibility index (Phi) is 10.1. The molecule has 1 unspecified atom stereocenters. The molecular formula is C36H30Cl4N8O4. The number of Topliss-reactive ketones (excluding diaryl/α,β-unsaturated/α-hetero) is 1. The molecule has 12 nitrogen and oxygen atoms in total. The van der Waals surface area contributed by atoms with Crippen LogP contribution in [-0.2, 0) is 19.1 Å². The fourth-order valence-corrected chi connectivity index (χ4v) is 7.53. The number of benzene rings is 3. The molecule has 3 aliphatic heterocycles. The molecule has 1 aromatic heterocycles. The van der Waals surface area contributed by atoms with E-state index >= 15 is 0 Å². The molecule has 2 fully saturated rings. The number of hydrogen-bond donors (Lipinski definition) is 0. The van der Waals surface area contributed by atoms with Gasteiger partial charge in [-0.25, -0.2) is 9.98 Å². The van der Waals surface area contributed by atoms with Crippen LogP contribution in [-0.4, -0.2) is 114 Å². The summed E-state index contributed by atoms with van der Waals surface area (Å²) >= 11 is 25.9. The van der Waals surface area contributed by atoms with Crippen LogP contribution in [0.5, 0.6) is 0 Å². The van der Waals surface area contributed by atoms with Crippen LogP contribution in [0.2, 0.25) is 20.1 Å². The summed E-state index contributed by atoms with van der Waals surface area (Å²) in [5.74, 6) is -1.13. The molecule has 0 bridgehead atoms. The molecule has 16 heteroatoms. The molecule has 0 spiro atoms. The minimum atomic E-state index is -0.462. The molecule has 8 rings (SSSR count). The lowest BCUT2D eigenvalue weighted by Gasteiger charge is -2.30. The summed E-state index contributed by atoms with van der Waals surface area (Å²) in [5, 5.41) is 10.1. The SMILES string of the molecule is O=C1C(=Nc2nnc(-c3cccc(Cl)c3Cl)c(N=C3C(=O)N(CN4CCOCC4)c4ccc(Cl)cc43)n2)c2cc(Cl)ccc2C1CN1CCOCC1. The maximum Gasteiger partial charge on any atom is 0.278 e. The summed E-state index contributed by atoms with van der Waals surface area (Å²) in [5.41, 5.74) is 3.43. The zero-order chi connectivity index (χ0) is 35.9. The molecule has 0 saturated carbocycles. The molecule has 1 amide bonds. The third kappa shape index (κ3) is 6.85. The minimum absolute atomic E-state index is 0.00245. The first-order chi connectivity index (χ1) is 25.2. The van der Waals surface area contributed by atoms with Crippen molar-refractivity contribution in [2.45, 2.75) is 5.92 Å². The average Bonchev–Trinajstić information content (AvgIpc) is 3.54. The first kappa shape index (κ1) is 35.2. The van der Waals surface area contributed by atoms with Crippen LogP contribution in [0.4, 0.5) is 17.5 Å². The number of ketones is 1. The van der Waals surface area contributed by atoms with Crippen molar-refractivity contribution < 1.29 is 19.1 Å². The van der Waals surface area contributed by atoms with Crippen LogP contribution >= 0.6 is 46.4 Å². The van der Waals surface area contributed by atoms with E-state index in [4.69, 9.17) is 65.9 Å². The predicted molar refractivity (Wildman–Crippen MR) is 200 cm³/mol. The van der Waals surface area contributed by atoms with Crippen LogP contribution in [0.3, 0.4) is 0 Å². The Bertz CT molecular complexity index is 2150. The van der Waals surface area contributed by atoms with Gasteiger partial charge >= 0.3 is 0 Å². The van der Waals surface area contributed by atoms with Crippen LogP contribution in [0, 0.1) is 0 Å². The van der Waals surface area contributed by atoms with Gasteiger partial charge in [-0.2, -0.15) is 4.98 Å². The van der Waals surface area contributed by atoms with Crippen molar-refractivity contribution in [3.63, 3.8) is 0 Å². The average molecular weight is 780 g/mol. The van der Waals surface area contributed by atoms with Gasteiger partial charge < -0.3 is 9.47 Å². The van der Waals surface area contributed by atoms with Gasteiger partial charge in [0.2, 0.25) is 0 Å². The van der Waals surface area contributed by atoms with Crippen LogP contribution in [0.1, 0.15) is 22.6 Å². The Morgan fingerprint density at radius 2 is 1.44 bits per heavy atom. The molecule has 266 valence electrons. The smallest absolute Gasteiger partial charge is 0.278 e. The molecule has 3 aromatic carbocycles. The van der Waals surface area contributed by atoms with Gasteiger partial charge in [0.05, 0.1) is 54.7 Å². The van der Waals surface area contributed by atoms with Crippen molar-refractivity contribution in [3.8, 4) is 11.3 Å². The van der Waals surface area contributed by atoms with Crippen molar-refractivity contribution in [2.24, 2.45) is 9.98 Å². The number of rotatable bonds is 7. The summed E-state index contributed by atoms with van der Waals surface area (Å²) in [6, 6.07) is 15.6. The van der Waals surface area contributed by atoms with Crippen molar-refractivity contribution in [3.05, 3.63) is 91.4 Å². The van der Waals surface area contributed by atoms with Gasteiger partial charge in [-0.05, 0) is 42.0 Å². The van der Waals surface area contributed by atoms with Crippen LogP contribution in [0.15, 0.2) is 64.6 Å². The van der Waals surface area contributed by atoms with E-state index in [-0.39, 0.29) is 50.6 Å². The maximum atomic E-state index is 14.2. The number of amides is 1. The van der Waals surface area contributed by atoms with E-state index in [9.17, 15) is 9.59 Å². The Morgan fingerprint density at radius 1 is 0.750 bits per heavy atom. The van der Waals surface area contributed by atoms with Crippen LogP contribution in [0.25, 0.3) is 11.3 Å². The quantitative estimate of drug-likeness (QED) is 0.221. The summed E-state index contributed by atoms with van der Waals surface area (Å²) in [6.45, 7) is 6.00. The number of aliphatic imine (C=N–C) groups is 2. The van der Waals surface area contributed by atoms with E-state index in [2.05, 4.69) is 25.0 Å². The van der Waals surface area contributed by atoms with E-state index in [1.807, 2.05) is 6.07 Å². The third-order valence-corrected chi connectivity index (χ3v) is 10.7. The highest BCUT2D eigenvalue weighted by molar-refractivity contribution is 6.55. The van der Waals surface area contributed by atoms with Crippen molar-refractivity contribution in [1.29, 1.82) is 0 Å². The van der Waals surface area contributed by atoms with Crippen molar-refractivity contribution >= 4 is 87.0 Å². The van der Waals surface area contributed by atoms with Crippen LogP contribution < -0.4 is 4.90 Å². The van der Waals surface area contributed by atoms with Crippen molar-refractivity contribution in [2.75, 3.05) is 70.7 Å². The molecule has 4 aliphatic rings. The van der Waals surface area contributed by atoms with E-state index in [1.54, 1.807) is 53.4 Å². The number of morpholine rings is 2. The topological polar surface area (TPSA) is 126 Å². The Balaban J connectivity index is 1.23. The first-order valence-electron chi connectivity index (χ1n) is 16.7. The van der Waals surface area contributed by atoms with Crippen molar-refractivity contribution in [1.82, 2.24) is 25.0 Å². The largest absolute Gasteiger partial charge is 0.379 e. The number of ether oxygens (including phenoxy) is 2. The van der Waals surface area contributed by atoms with E-state index in [1.165, 1.54) is 0 Å². The van der Waals surface area contributed by atoms with Gasteiger partial charge in [0, 0.05) is 59.5 Å². The number of carbonyl (C=O) groups excluding carboxylic acids is 2. The second-order valence-electron chi connectivity index (χ2n) is 12.6. The second kappa shape index (κ2) is 14.9. The van der Waals surface area contributed by atoms with Gasteiger partial charge in [0.15, 0.2) is 11.6 Å². The van der Waals surface area contributed by atoms with Gasteiger partial charge in [0.1, 0.15) is 17.1 Å². The maximum absolute atomic E-state index is 14.2. The van der Waals surface area contributed by atoms with Gasteiger partial charge in [0.25, 0.3) is 11.9 Å². The minimum Gasteiger partial charge on any atom is -0.379 e. The van der Waals surface area contributed by atoms with E-state index in [0.717, 1.165) is 18.7 Å². The monoisotopic (exact) mass is 778 g/mol. The Hall–Kier alpha value is -3.85. The molecule has 1 aliphatic carbocycles. The fourth-order valence-electron chi connectivity index (χ4n) is 6.79. The molecular weight excluding hydrogens is 750 g/mol. The van der Waals surface area contributed by atoms with E-state index in [0.29, 0.717) is 85.2 Å². The number of aromatic nitrogens is 3. The molecule has 0 radical (unpaired) electrons. The van der Waals surface area contributed by atoms with Gasteiger partial charge in [-0.1, -0.05) is 64.6 Å². The molecule has 4 heterocycles. The Morgan fingerprint density at radius 3 is 2.19 bits per heavy atom. The first-order valence-corrected chi connectivity index (χ1v) is 18.2. The zero-order valence-electron chi connectivity index (χ0n) is 27.6. The highest BCUT2D eigenvalue weighted by Crippen LogP contribution is 2.40. The molecule has 0 N–H and O–H groups in total. The number of fused-ring (bicyclic) bond motifs is 2. The molecule has 2 saturated heterocycles. The molecule has 52 heavy (non-hydrogen) atoms. The van der Waals surface area contributed by atoms with E-state index < -0.39 is 5.92 Å². The normalized spacial score (nSPS) is 21.0. The van der Waals surface area contributed by atoms with Gasteiger partial charge in [-0.3, -0.25) is 24.3 Å². The fraction of sp³-hybridized carbons (Fsp3) is 0.306. The number of nitrogens with zero attached hydrogens (tertiary/aromatic N) is 8. The standard InChI is InChI=1S/C36H30Cl4N8O4/c37-20-4-6-22-24(16-20)30(33(49)26(22)18-46-8-12-51-13-9-46)42-36-43-34(31(44-45-36)23-2-1-3-27(39)29(23)40)41-32-25-17-21(38)5-7-28(25)48(35(32)50)19-47-10-14-52-15-11-47/h1-7,16-17,26H,8-15,18-19H2. The lowest BCUT2D eigenvalue weighted by atomic mass is 10.00.